The molecule has 1 aliphatic heterocycles. The first kappa shape index (κ1) is 22.5. The van der Waals surface area contributed by atoms with Crippen molar-refractivity contribution in [3.63, 3.8) is 0 Å². The van der Waals surface area contributed by atoms with Crippen LogP contribution in [0.25, 0.3) is 5.65 Å². The Morgan fingerprint density at radius 1 is 1.16 bits per heavy atom. The van der Waals surface area contributed by atoms with E-state index in [9.17, 15) is 18.0 Å². The predicted molar refractivity (Wildman–Crippen MR) is 115 cm³/mol. The van der Waals surface area contributed by atoms with Gasteiger partial charge in [0.05, 0.1) is 6.04 Å². The Morgan fingerprint density at radius 3 is 2.47 bits per heavy atom. The van der Waals surface area contributed by atoms with Crippen LogP contribution < -0.4 is 10.2 Å². The van der Waals surface area contributed by atoms with E-state index in [1.807, 2.05) is 22.4 Å². The smallest absolute Gasteiger partial charge is 0.355 e. The number of rotatable bonds is 4. The molecule has 1 saturated heterocycles. The lowest BCUT2D eigenvalue weighted by Crippen LogP contribution is -2.44. The van der Waals surface area contributed by atoms with Crippen LogP contribution in [0.15, 0.2) is 29.6 Å². The summed E-state index contributed by atoms with van der Waals surface area (Å²) in [5.41, 5.74) is -0.0904. The van der Waals surface area contributed by atoms with Crippen molar-refractivity contribution in [2.45, 2.75) is 45.8 Å². The van der Waals surface area contributed by atoms with Gasteiger partial charge in [0.15, 0.2) is 5.65 Å². The van der Waals surface area contributed by atoms with Crippen LogP contribution in [-0.4, -0.2) is 38.8 Å². The first-order chi connectivity index (χ1) is 15.0. The molecule has 1 atom stereocenters. The van der Waals surface area contributed by atoms with Gasteiger partial charge in [-0.15, -0.1) is 26.6 Å². The number of hydrogen-bond donors (Lipinski definition) is 1. The standard InChI is InChI=1S/C21H25F3N6OS/c1-20(2,3)17(14-5-4-12-32-14)25-18(31)13-8-10-29(11-9-13)16-7-6-15-26-27-19(21(22,23)24)30(15)28-16/h4-7,12-13,17H,8-11H2,1-3H3,(H,25,31). The average molecular weight is 467 g/mol. The van der Waals surface area contributed by atoms with Gasteiger partial charge in [0.25, 0.3) is 5.82 Å². The summed E-state index contributed by atoms with van der Waals surface area (Å²) in [7, 11) is 0. The number of halogens is 3. The van der Waals surface area contributed by atoms with Gasteiger partial charge in [-0.1, -0.05) is 26.8 Å². The summed E-state index contributed by atoms with van der Waals surface area (Å²) >= 11 is 1.62. The van der Waals surface area contributed by atoms with Crippen LogP contribution in [0.1, 0.15) is 50.4 Å². The Labute approximate surface area is 187 Å². The van der Waals surface area contributed by atoms with Crippen molar-refractivity contribution in [2.24, 2.45) is 11.3 Å². The number of aromatic nitrogens is 4. The first-order valence-electron chi connectivity index (χ1n) is 10.4. The number of thiophene rings is 1. The minimum absolute atomic E-state index is 0.0135. The van der Waals surface area contributed by atoms with Crippen LogP contribution in [-0.2, 0) is 11.0 Å². The normalized spacial score (nSPS) is 17.0. The number of amides is 1. The summed E-state index contributed by atoms with van der Waals surface area (Å²) in [6, 6.07) is 7.04. The zero-order chi connectivity index (χ0) is 23.1. The summed E-state index contributed by atoms with van der Waals surface area (Å²) in [4.78, 5) is 16.0. The van der Waals surface area contributed by atoms with Crippen molar-refractivity contribution < 1.29 is 18.0 Å². The highest BCUT2D eigenvalue weighted by Crippen LogP contribution is 2.36. The van der Waals surface area contributed by atoms with E-state index in [0.717, 1.165) is 9.39 Å². The second-order valence-electron chi connectivity index (χ2n) is 9.07. The summed E-state index contributed by atoms with van der Waals surface area (Å²) in [5.74, 6) is -0.877. The highest BCUT2D eigenvalue weighted by molar-refractivity contribution is 7.10. The van der Waals surface area contributed by atoms with Gasteiger partial charge in [-0.05, 0) is 41.8 Å². The van der Waals surface area contributed by atoms with Crippen LogP contribution in [0.5, 0.6) is 0 Å². The van der Waals surface area contributed by atoms with E-state index < -0.39 is 12.0 Å². The van der Waals surface area contributed by atoms with Crippen molar-refractivity contribution in [1.82, 2.24) is 25.1 Å². The number of nitrogens with zero attached hydrogens (tertiary/aromatic N) is 5. The van der Waals surface area contributed by atoms with E-state index in [4.69, 9.17) is 0 Å². The molecule has 0 saturated carbocycles. The van der Waals surface area contributed by atoms with Crippen molar-refractivity contribution >= 4 is 28.7 Å². The first-order valence-corrected chi connectivity index (χ1v) is 11.3. The molecule has 0 bridgehead atoms. The Hall–Kier alpha value is -2.69. The van der Waals surface area contributed by atoms with Crippen molar-refractivity contribution in [3.8, 4) is 0 Å². The van der Waals surface area contributed by atoms with E-state index >= 15 is 0 Å². The predicted octanol–water partition coefficient (Wildman–Crippen LogP) is 4.32. The van der Waals surface area contributed by atoms with Crippen molar-refractivity contribution in [2.75, 3.05) is 18.0 Å². The fraction of sp³-hybridized carbons (Fsp3) is 0.524. The molecule has 3 aromatic heterocycles. The van der Waals surface area contributed by atoms with Gasteiger partial charge in [0.1, 0.15) is 5.82 Å². The molecule has 11 heteroatoms. The zero-order valence-corrected chi connectivity index (χ0v) is 18.9. The quantitative estimate of drug-likeness (QED) is 0.620. The fourth-order valence-corrected chi connectivity index (χ4v) is 4.95. The number of alkyl halides is 3. The number of fused-ring (bicyclic) bond motifs is 1. The molecule has 0 aliphatic carbocycles. The topological polar surface area (TPSA) is 75.4 Å². The summed E-state index contributed by atoms with van der Waals surface area (Å²) in [6.07, 6.45) is -3.44. The van der Waals surface area contributed by atoms with E-state index in [2.05, 4.69) is 41.4 Å². The highest BCUT2D eigenvalue weighted by Gasteiger charge is 2.38. The molecule has 1 unspecified atom stereocenters. The molecular weight excluding hydrogens is 441 g/mol. The van der Waals surface area contributed by atoms with E-state index in [-0.39, 0.29) is 28.9 Å². The number of anilines is 1. The van der Waals surface area contributed by atoms with E-state index in [1.165, 1.54) is 6.07 Å². The molecule has 172 valence electrons. The molecule has 0 spiro atoms. The number of piperidine rings is 1. The second kappa shape index (κ2) is 8.34. The van der Waals surface area contributed by atoms with Crippen LogP contribution in [0.3, 0.4) is 0 Å². The second-order valence-corrected chi connectivity index (χ2v) is 10.0. The van der Waals surface area contributed by atoms with Crippen LogP contribution in [0, 0.1) is 11.3 Å². The number of carbonyl (C=O) groups is 1. The molecule has 1 N–H and O–H groups in total. The van der Waals surface area contributed by atoms with E-state index in [0.29, 0.717) is 31.7 Å². The minimum Gasteiger partial charge on any atom is -0.355 e. The molecule has 4 heterocycles. The molecule has 7 nitrogen and oxygen atoms in total. The van der Waals surface area contributed by atoms with Gasteiger partial charge in [0, 0.05) is 23.9 Å². The molecular formula is C21H25F3N6OS. The lowest BCUT2D eigenvalue weighted by molar-refractivity contribution is -0.146. The summed E-state index contributed by atoms with van der Waals surface area (Å²) in [5, 5.41) is 16.1. The summed E-state index contributed by atoms with van der Waals surface area (Å²) in [6.45, 7) is 7.35. The molecule has 4 rings (SSSR count). The number of carbonyl (C=O) groups excluding carboxylic acids is 1. The van der Waals surface area contributed by atoms with Crippen LogP contribution in [0.2, 0.25) is 0 Å². The van der Waals surface area contributed by atoms with Crippen LogP contribution >= 0.6 is 11.3 Å². The minimum atomic E-state index is -4.64. The van der Waals surface area contributed by atoms with Gasteiger partial charge in [-0.2, -0.15) is 17.7 Å². The molecule has 0 radical (unpaired) electrons. The van der Waals surface area contributed by atoms with Gasteiger partial charge < -0.3 is 10.2 Å². The van der Waals surface area contributed by atoms with Gasteiger partial charge in [-0.25, -0.2) is 0 Å². The Bertz CT molecular complexity index is 1080. The van der Waals surface area contributed by atoms with E-state index in [1.54, 1.807) is 17.4 Å². The molecule has 32 heavy (non-hydrogen) atoms. The molecule has 1 amide bonds. The van der Waals surface area contributed by atoms with Crippen molar-refractivity contribution in [1.29, 1.82) is 0 Å². The SMILES string of the molecule is CC(C)(C)C(NC(=O)C1CCN(c2ccc3nnc(C(F)(F)F)n3n2)CC1)c1cccs1. The average Bonchev–Trinajstić information content (AvgIpc) is 3.40. The lowest BCUT2D eigenvalue weighted by atomic mass is 9.85. The molecule has 1 aliphatic rings. The largest absolute Gasteiger partial charge is 0.453 e. The third-order valence-corrected chi connectivity index (χ3v) is 6.61. The zero-order valence-electron chi connectivity index (χ0n) is 18.1. The lowest BCUT2D eigenvalue weighted by Gasteiger charge is -2.35. The van der Waals surface area contributed by atoms with Crippen LogP contribution in [0.4, 0.5) is 19.0 Å². The monoisotopic (exact) mass is 466 g/mol. The number of hydrogen-bond acceptors (Lipinski definition) is 6. The van der Waals surface area contributed by atoms with Crippen molar-refractivity contribution in [3.05, 3.63) is 40.3 Å². The number of nitrogens with one attached hydrogen (secondary N) is 1. The molecule has 3 aromatic rings. The fourth-order valence-electron chi connectivity index (χ4n) is 3.93. The summed E-state index contributed by atoms with van der Waals surface area (Å²) < 4.78 is 40.1. The van der Waals surface area contributed by atoms with Gasteiger partial charge >= 0.3 is 6.18 Å². The van der Waals surface area contributed by atoms with Gasteiger partial charge in [0.2, 0.25) is 5.91 Å². The third-order valence-electron chi connectivity index (χ3n) is 5.67. The molecule has 0 aromatic carbocycles. The molecule has 1 fully saturated rings. The Morgan fingerprint density at radius 2 is 1.88 bits per heavy atom. The third kappa shape index (κ3) is 4.57. The Balaban J connectivity index is 1.43. The Kier molecular flexibility index (Phi) is 5.87. The van der Waals surface area contributed by atoms with Gasteiger partial charge in [-0.3, -0.25) is 4.79 Å². The maximum Gasteiger partial charge on any atom is 0.453 e. The maximum absolute atomic E-state index is 13.1. The highest BCUT2D eigenvalue weighted by atomic mass is 32.1. The maximum atomic E-state index is 13.1.